The molecule has 21 heavy (non-hydrogen) atoms. The van der Waals surface area contributed by atoms with Gasteiger partial charge in [0.15, 0.2) is 0 Å². The minimum absolute atomic E-state index is 0.225. The first-order valence-corrected chi connectivity index (χ1v) is 8.43. The van der Waals surface area contributed by atoms with Gasteiger partial charge in [0.2, 0.25) is 10.0 Å². The van der Waals surface area contributed by atoms with Gasteiger partial charge in [-0.05, 0) is 30.0 Å². The summed E-state index contributed by atoms with van der Waals surface area (Å²) in [7, 11) is -1.93. The van der Waals surface area contributed by atoms with Crippen LogP contribution in [0, 0.1) is 0 Å². The fourth-order valence-electron chi connectivity index (χ4n) is 2.06. The molecule has 6 heteroatoms. The number of rotatable bonds is 6. The average molecular weight is 307 g/mol. The van der Waals surface area contributed by atoms with Gasteiger partial charge in [-0.1, -0.05) is 26.0 Å². The summed E-state index contributed by atoms with van der Waals surface area (Å²) in [4.78, 5) is 7.27. The Labute approximate surface area is 126 Å². The largest absolute Gasteiger partial charge is 0.347 e. The van der Waals surface area contributed by atoms with Crippen molar-refractivity contribution in [1.82, 2.24) is 14.3 Å². The lowest BCUT2D eigenvalue weighted by molar-refractivity contribution is 0.458. The molecule has 0 aliphatic carbocycles. The van der Waals surface area contributed by atoms with E-state index in [1.807, 2.05) is 12.1 Å². The predicted octanol–water partition coefficient (Wildman–Crippen LogP) is 2.74. The highest BCUT2D eigenvalue weighted by molar-refractivity contribution is 7.89. The lowest BCUT2D eigenvalue weighted by Crippen LogP contribution is -2.27. The summed E-state index contributed by atoms with van der Waals surface area (Å²) in [5.74, 6) is 1.06. The Bertz CT molecular complexity index is 663. The molecule has 0 bridgehead atoms. The number of H-pyrrole nitrogens is 1. The van der Waals surface area contributed by atoms with E-state index < -0.39 is 10.0 Å². The van der Waals surface area contributed by atoms with Gasteiger partial charge in [-0.15, -0.1) is 0 Å². The zero-order valence-electron chi connectivity index (χ0n) is 12.6. The fourth-order valence-corrected chi connectivity index (χ4v) is 3.20. The van der Waals surface area contributed by atoms with Crippen LogP contribution >= 0.6 is 0 Å². The van der Waals surface area contributed by atoms with Crippen LogP contribution in [0.25, 0.3) is 0 Å². The summed E-state index contributed by atoms with van der Waals surface area (Å²) in [5, 5.41) is 0. The number of hydrogen-bond donors (Lipinski definition) is 1. The summed E-state index contributed by atoms with van der Waals surface area (Å²) in [5.41, 5.74) is 1.16. The lowest BCUT2D eigenvalue weighted by Gasteiger charge is -2.17. The van der Waals surface area contributed by atoms with Gasteiger partial charge >= 0.3 is 0 Å². The highest BCUT2D eigenvalue weighted by atomic mass is 32.2. The van der Waals surface area contributed by atoms with Crippen LogP contribution in [0.2, 0.25) is 0 Å². The van der Waals surface area contributed by atoms with E-state index in [-0.39, 0.29) is 6.54 Å². The molecule has 0 amide bonds. The van der Waals surface area contributed by atoms with Crippen molar-refractivity contribution in [3.63, 3.8) is 0 Å². The number of sulfonamides is 1. The summed E-state index contributed by atoms with van der Waals surface area (Å²) in [6.45, 7) is 4.47. The van der Waals surface area contributed by atoms with Gasteiger partial charge in [0.1, 0.15) is 5.82 Å². The van der Waals surface area contributed by atoms with Gasteiger partial charge in [-0.3, -0.25) is 0 Å². The number of aromatic amines is 1. The summed E-state index contributed by atoms with van der Waals surface area (Å²) in [6.07, 6.45) is 4.32. The predicted molar refractivity (Wildman–Crippen MR) is 82.4 cm³/mol. The second kappa shape index (κ2) is 6.41. The van der Waals surface area contributed by atoms with Crippen LogP contribution in [-0.4, -0.2) is 29.7 Å². The summed E-state index contributed by atoms with van der Waals surface area (Å²) >= 11 is 0. The zero-order chi connectivity index (χ0) is 15.5. The van der Waals surface area contributed by atoms with Gasteiger partial charge in [-0.2, -0.15) is 4.31 Å². The zero-order valence-corrected chi connectivity index (χ0v) is 13.4. The Kier molecular flexibility index (Phi) is 4.80. The minimum atomic E-state index is -3.49. The van der Waals surface area contributed by atoms with Gasteiger partial charge in [0, 0.05) is 19.4 Å². The van der Waals surface area contributed by atoms with Crippen LogP contribution in [-0.2, 0) is 16.6 Å². The highest BCUT2D eigenvalue weighted by Gasteiger charge is 2.21. The van der Waals surface area contributed by atoms with Gasteiger partial charge in [0.05, 0.1) is 11.4 Å². The van der Waals surface area contributed by atoms with E-state index in [2.05, 4.69) is 23.8 Å². The molecule has 2 rings (SSSR count). The van der Waals surface area contributed by atoms with Crippen LogP contribution in [0.3, 0.4) is 0 Å². The van der Waals surface area contributed by atoms with Crippen LogP contribution < -0.4 is 0 Å². The van der Waals surface area contributed by atoms with Crippen molar-refractivity contribution in [1.29, 1.82) is 0 Å². The van der Waals surface area contributed by atoms with E-state index >= 15 is 0 Å². The van der Waals surface area contributed by atoms with Crippen molar-refractivity contribution in [2.24, 2.45) is 0 Å². The first kappa shape index (κ1) is 15.7. The summed E-state index contributed by atoms with van der Waals surface area (Å²) < 4.78 is 26.3. The standard InChI is InChI=1S/C15H21N3O2S/c1-4-12(2)13-5-7-14(8-6-13)21(19,20)18(3)11-15-16-9-10-17-15/h5-10,12H,4,11H2,1-3H3,(H,16,17). The third kappa shape index (κ3) is 3.51. The minimum Gasteiger partial charge on any atom is -0.347 e. The van der Waals surface area contributed by atoms with Crippen molar-refractivity contribution in [2.75, 3.05) is 7.05 Å². The number of imidazole rings is 1. The first-order chi connectivity index (χ1) is 9.95. The Balaban J connectivity index is 2.18. The molecule has 0 aliphatic heterocycles. The van der Waals surface area contributed by atoms with E-state index in [1.165, 1.54) is 4.31 Å². The molecular weight excluding hydrogens is 286 g/mol. The Morgan fingerprint density at radius 1 is 1.29 bits per heavy atom. The molecule has 114 valence electrons. The van der Waals surface area contributed by atoms with Gasteiger partial charge < -0.3 is 4.98 Å². The van der Waals surface area contributed by atoms with Crippen molar-refractivity contribution >= 4 is 10.0 Å². The molecule has 5 nitrogen and oxygen atoms in total. The molecule has 0 saturated carbocycles. The Morgan fingerprint density at radius 2 is 1.95 bits per heavy atom. The molecule has 1 unspecified atom stereocenters. The molecule has 1 aromatic carbocycles. The molecule has 2 aromatic rings. The number of nitrogens with zero attached hydrogens (tertiary/aromatic N) is 2. The Morgan fingerprint density at radius 3 is 2.48 bits per heavy atom. The topological polar surface area (TPSA) is 66.1 Å². The monoisotopic (exact) mass is 307 g/mol. The molecule has 1 heterocycles. The van der Waals surface area contributed by atoms with Crippen molar-refractivity contribution in [3.05, 3.63) is 48.0 Å². The average Bonchev–Trinajstić information content (AvgIpc) is 2.99. The molecule has 0 spiro atoms. The van der Waals surface area contributed by atoms with E-state index in [9.17, 15) is 8.42 Å². The number of hydrogen-bond acceptors (Lipinski definition) is 3. The molecule has 0 radical (unpaired) electrons. The molecule has 0 aliphatic rings. The molecule has 1 atom stereocenters. The van der Waals surface area contributed by atoms with E-state index in [0.29, 0.717) is 16.6 Å². The van der Waals surface area contributed by atoms with Crippen molar-refractivity contribution in [3.8, 4) is 0 Å². The maximum Gasteiger partial charge on any atom is 0.243 e. The summed E-state index contributed by atoms with van der Waals surface area (Å²) in [6, 6.07) is 7.13. The maximum atomic E-state index is 12.5. The van der Waals surface area contributed by atoms with Crippen LogP contribution in [0.4, 0.5) is 0 Å². The van der Waals surface area contributed by atoms with E-state index in [1.54, 1.807) is 31.6 Å². The normalized spacial score (nSPS) is 13.5. The second-order valence-electron chi connectivity index (χ2n) is 5.18. The van der Waals surface area contributed by atoms with E-state index in [0.717, 1.165) is 12.0 Å². The van der Waals surface area contributed by atoms with Gasteiger partial charge in [-0.25, -0.2) is 13.4 Å². The first-order valence-electron chi connectivity index (χ1n) is 6.99. The third-order valence-electron chi connectivity index (χ3n) is 3.70. The maximum absolute atomic E-state index is 12.5. The van der Waals surface area contributed by atoms with Crippen LogP contribution in [0.5, 0.6) is 0 Å². The number of nitrogens with one attached hydrogen (secondary N) is 1. The van der Waals surface area contributed by atoms with Crippen molar-refractivity contribution in [2.45, 2.75) is 37.6 Å². The quantitative estimate of drug-likeness (QED) is 0.892. The molecule has 1 aromatic heterocycles. The van der Waals surface area contributed by atoms with Crippen LogP contribution in [0.1, 0.15) is 37.6 Å². The Hall–Kier alpha value is -1.66. The second-order valence-corrected chi connectivity index (χ2v) is 7.22. The number of aromatic nitrogens is 2. The lowest BCUT2D eigenvalue weighted by atomic mass is 9.99. The highest BCUT2D eigenvalue weighted by Crippen LogP contribution is 2.22. The third-order valence-corrected chi connectivity index (χ3v) is 5.51. The molecule has 0 fully saturated rings. The SMILES string of the molecule is CCC(C)c1ccc(S(=O)(=O)N(C)Cc2ncc[nH]2)cc1. The fraction of sp³-hybridized carbons (Fsp3) is 0.400. The molecule has 1 N–H and O–H groups in total. The molecule has 0 saturated heterocycles. The van der Waals surface area contributed by atoms with Crippen LogP contribution in [0.15, 0.2) is 41.6 Å². The molecular formula is C15H21N3O2S. The smallest absolute Gasteiger partial charge is 0.243 e. The van der Waals surface area contributed by atoms with E-state index in [4.69, 9.17) is 0 Å². The number of benzene rings is 1. The van der Waals surface area contributed by atoms with Gasteiger partial charge in [0.25, 0.3) is 0 Å². The van der Waals surface area contributed by atoms with Crippen molar-refractivity contribution < 1.29 is 8.42 Å².